The molecule has 1 aromatic rings. The van der Waals surface area contributed by atoms with Gasteiger partial charge in [-0.15, -0.1) is 0 Å². The zero-order valence-corrected chi connectivity index (χ0v) is 5.96. The molecular formula is C8H10N2. The third-order valence-corrected chi connectivity index (χ3v) is 1.13. The minimum Gasteiger partial charge on any atom is -0.343 e. The molecule has 0 aliphatic rings. The molecule has 1 N–H and O–H groups in total. The van der Waals surface area contributed by atoms with Crippen molar-refractivity contribution in [3.05, 3.63) is 36.4 Å². The highest BCUT2D eigenvalue weighted by Gasteiger charge is 1.87. The lowest BCUT2D eigenvalue weighted by molar-refractivity contribution is 1.15. The molecule has 0 spiro atoms. The van der Waals surface area contributed by atoms with Gasteiger partial charge in [0.25, 0.3) is 0 Å². The van der Waals surface area contributed by atoms with E-state index in [9.17, 15) is 0 Å². The lowest BCUT2D eigenvalue weighted by atomic mass is 10.4. The number of nitrogens with one attached hydrogen (secondary N) is 1. The highest BCUT2D eigenvalue weighted by atomic mass is 14.9. The summed E-state index contributed by atoms with van der Waals surface area (Å²) in [4.78, 5) is 7.09. The Kier molecular flexibility index (Phi) is 2.05. The average Bonchev–Trinajstić information content (AvgIpc) is 2.31. The van der Waals surface area contributed by atoms with Crippen LogP contribution >= 0.6 is 0 Å². The van der Waals surface area contributed by atoms with Gasteiger partial charge in [-0.2, -0.15) is 0 Å². The fourth-order valence-electron chi connectivity index (χ4n) is 0.696. The maximum absolute atomic E-state index is 4.03. The highest BCUT2D eigenvalue weighted by molar-refractivity contribution is 5.45. The fraction of sp³-hybridized carbons (Fsp3) is 0.125. The molecule has 0 saturated heterocycles. The Morgan fingerprint density at radius 1 is 1.70 bits per heavy atom. The van der Waals surface area contributed by atoms with E-state index in [2.05, 4.69) is 16.5 Å². The summed E-state index contributed by atoms with van der Waals surface area (Å²) in [6.45, 7) is 5.48. The molecule has 0 aliphatic carbocycles. The van der Waals surface area contributed by atoms with Gasteiger partial charge < -0.3 is 4.98 Å². The Balaban J connectivity index is 2.75. The topological polar surface area (TPSA) is 28.7 Å². The van der Waals surface area contributed by atoms with E-state index in [0.717, 1.165) is 11.5 Å². The fourth-order valence-corrected chi connectivity index (χ4v) is 0.696. The number of hydrogen-bond donors (Lipinski definition) is 1. The monoisotopic (exact) mass is 134 g/mol. The van der Waals surface area contributed by atoms with Gasteiger partial charge in [-0.05, 0) is 13.0 Å². The van der Waals surface area contributed by atoms with Crippen LogP contribution in [0, 0.1) is 6.92 Å². The van der Waals surface area contributed by atoms with Crippen LogP contribution in [0.15, 0.2) is 24.9 Å². The van der Waals surface area contributed by atoms with Gasteiger partial charge in [0, 0.05) is 0 Å². The Morgan fingerprint density at radius 3 is 3.00 bits per heavy atom. The van der Waals surface area contributed by atoms with E-state index < -0.39 is 0 Å². The molecule has 1 rings (SSSR count). The van der Waals surface area contributed by atoms with Crippen LogP contribution in [0.25, 0.3) is 6.08 Å². The summed E-state index contributed by atoms with van der Waals surface area (Å²) in [5.41, 5.74) is 1.01. The van der Waals surface area contributed by atoms with Crippen molar-refractivity contribution in [2.24, 2.45) is 0 Å². The minimum atomic E-state index is 0.934. The summed E-state index contributed by atoms with van der Waals surface area (Å²) < 4.78 is 0. The molecule has 0 fully saturated rings. The Hall–Kier alpha value is -1.31. The standard InChI is InChI=1S/C8H10N2/c1-3-4-5-8-6-9-7(2)10-8/h3-6H,1H2,2H3,(H,9,10)/b5-4-. The van der Waals surface area contributed by atoms with Crippen LogP contribution in [0.5, 0.6) is 0 Å². The SMILES string of the molecule is C=C/C=C\c1cnc(C)[nH]1. The molecule has 1 heterocycles. The van der Waals surface area contributed by atoms with Gasteiger partial charge >= 0.3 is 0 Å². The van der Waals surface area contributed by atoms with Crippen molar-refractivity contribution in [3.8, 4) is 0 Å². The Morgan fingerprint density at radius 2 is 2.50 bits per heavy atom. The molecule has 0 aliphatic heterocycles. The van der Waals surface area contributed by atoms with Crippen LogP contribution in [0.2, 0.25) is 0 Å². The summed E-state index contributed by atoms with van der Waals surface area (Å²) in [6.07, 6.45) is 7.31. The van der Waals surface area contributed by atoms with E-state index in [1.165, 1.54) is 0 Å². The smallest absolute Gasteiger partial charge is 0.103 e. The summed E-state index contributed by atoms with van der Waals surface area (Å²) >= 11 is 0. The molecule has 1 aromatic heterocycles. The molecule has 0 unspecified atom stereocenters. The van der Waals surface area contributed by atoms with Crippen molar-refractivity contribution < 1.29 is 0 Å². The number of H-pyrrole nitrogens is 1. The summed E-state index contributed by atoms with van der Waals surface area (Å²) in [5, 5.41) is 0. The van der Waals surface area contributed by atoms with E-state index in [0.29, 0.717) is 0 Å². The molecule has 0 aromatic carbocycles. The summed E-state index contributed by atoms with van der Waals surface area (Å²) in [5.74, 6) is 0.934. The molecule has 2 nitrogen and oxygen atoms in total. The quantitative estimate of drug-likeness (QED) is 0.615. The van der Waals surface area contributed by atoms with Crippen molar-refractivity contribution in [2.75, 3.05) is 0 Å². The first-order valence-corrected chi connectivity index (χ1v) is 3.13. The zero-order valence-electron chi connectivity index (χ0n) is 5.96. The number of nitrogens with zero attached hydrogens (tertiary/aromatic N) is 1. The van der Waals surface area contributed by atoms with Crippen LogP contribution in [-0.4, -0.2) is 9.97 Å². The van der Waals surface area contributed by atoms with Gasteiger partial charge in [0.2, 0.25) is 0 Å². The van der Waals surface area contributed by atoms with Gasteiger partial charge in [0.1, 0.15) is 5.82 Å². The van der Waals surface area contributed by atoms with Crippen LogP contribution in [0.3, 0.4) is 0 Å². The second-order valence-corrected chi connectivity index (χ2v) is 2.02. The van der Waals surface area contributed by atoms with Crippen LogP contribution in [0.4, 0.5) is 0 Å². The van der Waals surface area contributed by atoms with Gasteiger partial charge in [-0.25, -0.2) is 4.98 Å². The van der Waals surface area contributed by atoms with Crippen LogP contribution in [-0.2, 0) is 0 Å². The number of allylic oxidation sites excluding steroid dienone is 2. The van der Waals surface area contributed by atoms with Gasteiger partial charge in [0.05, 0.1) is 11.9 Å². The second kappa shape index (κ2) is 3.01. The second-order valence-electron chi connectivity index (χ2n) is 2.02. The van der Waals surface area contributed by atoms with Crippen molar-refractivity contribution in [1.29, 1.82) is 0 Å². The molecule has 0 atom stereocenters. The van der Waals surface area contributed by atoms with E-state index in [4.69, 9.17) is 0 Å². The van der Waals surface area contributed by atoms with E-state index in [1.807, 2.05) is 19.1 Å². The zero-order chi connectivity index (χ0) is 7.40. The van der Waals surface area contributed by atoms with Gasteiger partial charge in [-0.3, -0.25) is 0 Å². The first-order valence-electron chi connectivity index (χ1n) is 3.13. The van der Waals surface area contributed by atoms with E-state index >= 15 is 0 Å². The predicted molar refractivity (Wildman–Crippen MR) is 42.6 cm³/mol. The molecule has 0 radical (unpaired) electrons. The number of aromatic nitrogens is 2. The number of aromatic amines is 1. The Labute approximate surface area is 60.3 Å². The number of hydrogen-bond acceptors (Lipinski definition) is 1. The molecule has 0 amide bonds. The normalized spacial score (nSPS) is 10.5. The first-order chi connectivity index (χ1) is 4.83. The summed E-state index contributed by atoms with van der Waals surface area (Å²) in [6, 6.07) is 0. The lowest BCUT2D eigenvalue weighted by Gasteiger charge is -1.79. The van der Waals surface area contributed by atoms with E-state index in [1.54, 1.807) is 12.3 Å². The number of imidazole rings is 1. The first kappa shape index (κ1) is 6.81. The number of rotatable bonds is 2. The third kappa shape index (κ3) is 1.58. The van der Waals surface area contributed by atoms with Crippen molar-refractivity contribution in [2.45, 2.75) is 6.92 Å². The molecule has 10 heavy (non-hydrogen) atoms. The van der Waals surface area contributed by atoms with Crippen LogP contribution in [0.1, 0.15) is 11.5 Å². The molecule has 2 heteroatoms. The predicted octanol–water partition coefficient (Wildman–Crippen LogP) is 1.92. The van der Waals surface area contributed by atoms with Gasteiger partial charge in [-0.1, -0.05) is 18.7 Å². The third-order valence-electron chi connectivity index (χ3n) is 1.13. The summed E-state index contributed by atoms with van der Waals surface area (Å²) in [7, 11) is 0. The van der Waals surface area contributed by atoms with E-state index in [-0.39, 0.29) is 0 Å². The number of aryl methyl sites for hydroxylation is 1. The van der Waals surface area contributed by atoms with Crippen LogP contribution < -0.4 is 0 Å². The Bertz CT molecular complexity index is 246. The molecule has 52 valence electrons. The molecule has 0 bridgehead atoms. The highest BCUT2D eigenvalue weighted by Crippen LogP contribution is 1.97. The van der Waals surface area contributed by atoms with Crippen molar-refractivity contribution in [1.82, 2.24) is 9.97 Å². The maximum atomic E-state index is 4.03. The minimum absolute atomic E-state index is 0.934. The van der Waals surface area contributed by atoms with Crippen molar-refractivity contribution in [3.63, 3.8) is 0 Å². The average molecular weight is 134 g/mol. The largest absolute Gasteiger partial charge is 0.343 e. The molecular weight excluding hydrogens is 124 g/mol. The van der Waals surface area contributed by atoms with Crippen molar-refractivity contribution >= 4 is 6.08 Å². The van der Waals surface area contributed by atoms with Gasteiger partial charge in [0.15, 0.2) is 0 Å². The molecule has 0 saturated carbocycles. The maximum Gasteiger partial charge on any atom is 0.103 e. The lowest BCUT2D eigenvalue weighted by Crippen LogP contribution is -1.71.